The van der Waals surface area contributed by atoms with Crippen molar-refractivity contribution < 1.29 is 13.9 Å². The highest BCUT2D eigenvalue weighted by Crippen LogP contribution is 2.36. The van der Waals surface area contributed by atoms with Gasteiger partial charge in [-0.25, -0.2) is 9.97 Å². The maximum absolute atomic E-state index is 12.9. The molecule has 2 N–H and O–H groups in total. The Morgan fingerprint density at radius 2 is 1.83 bits per heavy atom. The molecule has 7 heteroatoms. The van der Waals surface area contributed by atoms with E-state index in [4.69, 9.17) is 9.15 Å². The Hall–Kier alpha value is -3.87. The topological polar surface area (TPSA) is 89.3 Å². The van der Waals surface area contributed by atoms with E-state index >= 15 is 0 Å². The molecule has 0 fully saturated rings. The summed E-state index contributed by atoms with van der Waals surface area (Å²) in [7, 11) is 1.60. The Balaban J connectivity index is 1.57. The maximum Gasteiger partial charge on any atom is 0.287 e. The SMILES string of the molecule is COc1ccc2c(-c3ccccc3)c(C(=O)NCCNc3ncccn3)oc2c1. The highest BCUT2D eigenvalue weighted by atomic mass is 16.5. The molecule has 2 aromatic carbocycles. The smallest absolute Gasteiger partial charge is 0.287 e. The minimum Gasteiger partial charge on any atom is -0.497 e. The zero-order valence-corrected chi connectivity index (χ0v) is 15.9. The quantitative estimate of drug-likeness (QED) is 0.469. The Kier molecular flexibility index (Phi) is 5.38. The summed E-state index contributed by atoms with van der Waals surface area (Å²) in [5, 5.41) is 6.80. The fourth-order valence-electron chi connectivity index (χ4n) is 3.08. The minimum absolute atomic E-state index is 0.274. The molecule has 0 radical (unpaired) electrons. The number of carbonyl (C=O) groups excluding carboxylic acids is 1. The molecular weight excluding hydrogens is 368 g/mol. The Labute approximate surface area is 167 Å². The third-order valence-corrected chi connectivity index (χ3v) is 4.43. The number of aromatic nitrogens is 2. The molecule has 4 rings (SSSR count). The van der Waals surface area contributed by atoms with Crippen molar-refractivity contribution in [3.8, 4) is 16.9 Å². The molecule has 0 unspecified atom stereocenters. The van der Waals surface area contributed by atoms with Crippen LogP contribution in [0, 0.1) is 0 Å². The van der Waals surface area contributed by atoms with E-state index in [0.29, 0.717) is 30.4 Å². The van der Waals surface area contributed by atoms with Crippen molar-refractivity contribution in [1.82, 2.24) is 15.3 Å². The summed E-state index contributed by atoms with van der Waals surface area (Å²) < 4.78 is 11.2. The highest BCUT2D eigenvalue weighted by molar-refractivity contribution is 6.08. The van der Waals surface area contributed by atoms with E-state index in [-0.39, 0.29) is 11.7 Å². The van der Waals surface area contributed by atoms with Crippen molar-refractivity contribution in [3.63, 3.8) is 0 Å². The monoisotopic (exact) mass is 388 g/mol. The van der Waals surface area contributed by atoms with Crippen LogP contribution in [0.3, 0.4) is 0 Å². The van der Waals surface area contributed by atoms with Gasteiger partial charge >= 0.3 is 0 Å². The van der Waals surface area contributed by atoms with Gasteiger partial charge in [-0.2, -0.15) is 0 Å². The van der Waals surface area contributed by atoms with Gasteiger partial charge in [0.05, 0.1) is 7.11 Å². The molecule has 0 aliphatic heterocycles. The fraction of sp³-hybridized carbons (Fsp3) is 0.136. The van der Waals surface area contributed by atoms with Crippen LogP contribution in [0.5, 0.6) is 5.75 Å². The first-order valence-corrected chi connectivity index (χ1v) is 9.21. The molecule has 146 valence electrons. The van der Waals surface area contributed by atoms with Crippen LogP contribution in [0.25, 0.3) is 22.1 Å². The fourth-order valence-corrected chi connectivity index (χ4v) is 3.08. The van der Waals surface area contributed by atoms with Crippen LogP contribution in [-0.4, -0.2) is 36.1 Å². The van der Waals surface area contributed by atoms with Crippen molar-refractivity contribution >= 4 is 22.8 Å². The van der Waals surface area contributed by atoms with Crippen LogP contribution in [0.1, 0.15) is 10.6 Å². The number of hydrogen-bond acceptors (Lipinski definition) is 6. The molecule has 29 heavy (non-hydrogen) atoms. The first-order chi connectivity index (χ1) is 14.3. The number of methoxy groups -OCH3 is 1. The lowest BCUT2D eigenvalue weighted by Crippen LogP contribution is -2.29. The first-order valence-electron chi connectivity index (χ1n) is 9.21. The Morgan fingerprint density at radius 3 is 2.59 bits per heavy atom. The van der Waals surface area contributed by atoms with E-state index < -0.39 is 0 Å². The summed E-state index contributed by atoms with van der Waals surface area (Å²) in [4.78, 5) is 21.1. The van der Waals surface area contributed by atoms with Crippen LogP contribution >= 0.6 is 0 Å². The van der Waals surface area contributed by atoms with Gasteiger partial charge in [0.1, 0.15) is 11.3 Å². The number of furan rings is 1. The number of benzene rings is 2. The molecule has 7 nitrogen and oxygen atoms in total. The second kappa shape index (κ2) is 8.43. The predicted octanol–water partition coefficient (Wildman–Crippen LogP) is 3.74. The number of anilines is 1. The molecule has 0 atom stereocenters. The lowest BCUT2D eigenvalue weighted by Gasteiger charge is -2.07. The van der Waals surface area contributed by atoms with Gasteiger partial charge in [0.2, 0.25) is 11.7 Å². The molecule has 0 aliphatic rings. The average Bonchev–Trinajstić information content (AvgIpc) is 3.16. The van der Waals surface area contributed by atoms with Gasteiger partial charge in [0.25, 0.3) is 5.91 Å². The lowest BCUT2D eigenvalue weighted by molar-refractivity contribution is 0.0930. The van der Waals surface area contributed by atoms with Gasteiger partial charge < -0.3 is 19.8 Å². The number of hydrogen-bond donors (Lipinski definition) is 2. The Bertz CT molecular complexity index is 1110. The maximum atomic E-state index is 12.9. The molecule has 2 aromatic heterocycles. The molecule has 2 heterocycles. The van der Waals surface area contributed by atoms with E-state index in [1.54, 1.807) is 31.6 Å². The first kappa shape index (κ1) is 18.5. The second-order valence-electron chi connectivity index (χ2n) is 6.29. The Morgan fingerprint density at radius 1 is 1.03 bits per heavy atom. The largest absolute Gasteiger partial charge is 0.497 e. The van der Waals surface area contributed by atoms with Crippen molar-refractivity contribution in [2.24, 2.45) is 0 Å². The van der Waals surface area contributed by atoms with Gasteiger partial charge in [-0.3, -0.25) is 4.79 Å². The average molecular weight is 388 g/mol. The molecule has 4 aromatic rings. The molecule has 1 amide bonds. The normalized spacial score (nSPS) is 10.7. The number of nitrogens with zero attached hydrogens (tertiary/aromatic N) is 2. The van der Waals surface area contributed by atoms with Crippen molar-refractivity contribution in [3.05, 3.63) is 72.8 Å². The molecule has 0 aliphatic carbocycles. The number of ether oxygens (including phenoxy) is 1. The lowest BCUT2D eigenvalue weighted by atomic mass is 10.0. The van der Waals surface area contributed by atoms with Crippen LogP contribution in [0.2, 0.25) is 0 Å². The summed E-state index contributed by atoms with van der Waals surface area (Å²) in [6.07, 6.45) is 3.31. The van der Waals surface area contributed by atoms with E-state index in [1.165, 1.54) is 0 Å². The van der Waals surface area contributed by atoms with Crippen molar-refractivity contribution in [2.45, 2.75) is 0 Å². The molecule has 0 saturated carbocycles. The minimum atomic E-state index is -0.283. The molecule has 0 bridgehead atoms. The summed E-state index contributed by atoms with van der Waals surface area (Å²) in [6.45, 7) is 0.885. The summed E-state index contributed by atoms with van der Waals surface area (Å²) in [5.74, 6) is 1.18. The zero-order valence-electron chi connectivity index (χ0n) is 15.9. The zero-order chi connectivity index (χ0) is 20.1. The van der Waals surface area contributed by atoms with Crippen LogP contribution in [0.15, 0.2) is 71.4 Å². The predicted molar refractivity (Wildman–Crippen MR) is 111 cm³/mol. The molecule has 0 spiro atoms. The van der Waals surface area contributed by atoms with E-state index in [0.717, 1.165) is 16.5 Å². The molecule has 0 saturated heterocycles. The van der Waals surface area contributed by atoms with Gasteiger partial charge in [-0.15, -0.1) is 0 Å². The van der Waals surface area contributed by atoms with E-state index in [1.807, 2.05) is 42.5 Å². The van der Waals surface area contributed by atoms with Gasteiger partial charge in [0.15, 0.2) is 0 Å². The summed E-state index contributed by atoms with van der Waals surface area (Å²) >= 11 is 0. The van der Waals surface area contributed by atoms with Gasteiger partial charge in [0, 0.05) is 42.5 Å². The number of rotatable bonds is 7. The summed E-state index contributed by atoms with van der Waals surface area (Å²) in [5.41, 5.74) is 2.28. The molecular formula is C22H20N4O3. The second-order valence-corrected chi connectivity index (χ2v) is 6.29. The summed E-state index contributed by atoms with van der Waals surface area (Å²) in [6, 6.07) is 17.0. The number of nitrogens with one attached hydrogen (secondary N) is 2. The third kappa shape index (κ3) is 4.03. The van der Waals surface area contributed by atoms with Crippen LogP contribution in [0.4, 0.5) is 5.95 Å². The van der Waals surface area contributed by atoms with E-state index in [2.05, 4.69) is 20.6 Å². The number of amides is 1. The van der Waals surface area contributed by atoms with Gasteiger partial charge in [-0.05, 0) is 23.8 Å². The van der Waals surface area contributed by atoms with Gasteiger partial charge in [-0.1, -0.05) is 30.3 Å². The number of carbonyl (C=O) groups is 1. The van der Waals surface area contributed by atoms with Crippen LogP contribution < -0.4 is 15.4 Å². The van der Waals surface area contributed by atoms with E-state index in [9.17, 15) is 4.79 Å². The van der Waals surface area contributed by atoms with Crippen LogP contribution in [-0.2, 0) is 0 Å². The standard InChI is InChI=1S/C22H20N4O3/c1-28-16-8-9-17-18(14-16)29-20(19(17)15-6-3-2-4-7-15)21(27)23-12-13-26-22-24-10-5-11-25-22/h2-11,14H,12-13H2,1H3,(H,23,27)(H,24,25,26). The van der Waals surface area contributed by atoms with Crippen molar-refractivity contribution in [1.29, 1.82) is 0 Å². The third-order valence-electron chi connectivity index (χ3n) is 4.43. The number of fused-ring (bicyclic) bond motifs is 1. The highest BCUT2D eigenvalue weighted by Gasteiger charge is 2.22. The van der Waals surface area contributed by atoms with Crippen molar-refractivity contribution in [2.75, 3.05) is 25.5 Å².